The molecule has 24 nitrogen and oxygen atoms in total. The second kappa shape index (κ2) is 21.5. The number of hydrogen-bond donors (Lipinski definition) is 14. The fourth-order valence-electron chi connectivity index (χ4n) is 16.6. The predicted octanol–water partition coefficient (Wildman–Crippen LogP) is -1.38. The van der Waals surface area contributed by atoms with E-state index in [-0.39, 0.29) is 36.0 Å². The number of aliphatic hydroxyl groups excluding tert-OH is 12. The monoisotopic (exact) mass is 1120 g/mol. The number of allylic oxidation sites excluding steroid dienone is 2. The molecule has 0 unspecified atom stereocenters. The van der Waals surface area contributed by atoms with E-state index in [9.17, 15) is 81.1 Å². The largest absolute Gasteiger partial charge is 0.481 e. The lowest BCUT2D eigenvalue weighted by atomic mass is 9.33. The summed E-state index contributed by atoms with van der Waals surface area (Å²) in [5, 5.41) is 152. The number of carboxylic acids is 2. The van der Waals surface area contributed by atoms with Crippen LogP contribution in [0, 0.1) is 50.2 Å². The summed E-state index contributed by atoms with van der Waals surface area (Å²) in [7, 11) is 0. The van der Waals surface area contributed by atoms with Crippen molar-refractivity contribution in [3.05, 3.63) is 11.6 Å². The predicted molar refractivity (Wildman–Crippen MR) is 264 cm³/mol. The maximum absolute atomic E-state index is 13.2. The zero-order chi connectivity index (χ0) is 57.3. The first-order valence-corrected chi connectivity index (χ1v) is 27.8. The van der Waals surface area contributed by atoms with E-state index in [1.165, 1.54) is 12.5 Å². The molecule has 0 aromatic heterocycles. The fraction of sp³-hybridized carbons (Fsp3) is 0.926. The van der Waals surface area contributed by atoms with Crippen LogP contribution in [0.1, 0.15) is 113 Å². The first kappa shape index (κ1) is 60.5. The van der Waals surface area contributed by atoms with Crippen LogP contribution in [0.15, 0.2) is 11.6 Å². The lowest BCUT2D eigenvalue weighted by Crippen LogP contribution is -2.68. The number of carbonyl (C=O) groups is 2. The van der Waals surface area contributed by atoms with Crippen molar-refractivity contribution in [2.75, 3.05) is 13.2 Å². The second-order valence-corrected chi connectivity index (χ2v) is 26.1. The highest BCUT2D eigenvalue weighted by atomic mass is 16.8. The molecule has 0 amide bonds. The van der Waals surface area contributed by atoms with E-state index in [4.69, 9.17) is 37.9 Å². The highest BCUT2D eigenvalue weighted by Gasteiger charge is 2.71. The van der Waals surface area contributed by atoms with Gasteiger partial charge in [0.15, 0.2) is 31.3 Å². The van der Waals surface area contributed by atoms with Crippen molar-refractivity contribution >= 4 is 11.9 Å². The maximum atomic E-state index is 13.2. The Labute approximate surface area is 453 Å². The second-order valence-electron chi connectivity index (χ2n) is 26.1. The van der Waals surface area contributed by atoms with E-state index >= 15 is 0 Å². The third-order valence-corrected chi connectivity index (χ3v) is 21.9. The first-order valence-electron chi connectivity index (χ1n) is 27.8. The molecule has 5 aliphatic carbocycles. The minimum absolute atomic E-state index is 0.0337. The summed E-state index contributed by atoms with van der Waals surface area (Å²) in [5.41, 5.74) is -2.96. The fourth-order valence-corrected chi connectivity index (χ4v) is 16.6. The Kier molecular flexibility index (Phi) is 16.7. The molecular formula is C54H86O24. The lowest BCUT2D eigenvalue weighted by molar-refractivity contribution is -0.396. The molecule has 0 aromatic rings. The molecule has 4 saturated heterocycles. The molecule has 0 spiro atoms. The Morgan fingerprint density at radius 1 is 0.564 bits per heavy atom. The van der Waals surface area contributed by atoms with Crippen LogP contribution in [0.25, 0.3) is 0 Å². The summed E-state index contributed by atoms with van der Waals surface area (Å²) in [6.07, 6.45) is -28.4. The van der Waals surface area contributed by atoms with Crippen molar-refractivity contribution in [3.63, 3.8) is 0 Å². The summed E-state index contributed by atoms with van der Waals surface area (Å²) in [5.74, 6) is -3.07. The Bertz CT molecular complexity index is 2220. The minimum Gasteiger partial charge on any atom is -0.481 e. The highest BCUT2D eigenvalue weighted by Crippen LogP contribution is 2.76. The maximum Gasteiger partial charge on any atom is 0.335 e. The normalized spacial score (nSPS) is 56.3. The molecule has 4 aliphatic heterocycles. The molecule has 14 N–H and O–H groups in total. The third kappa shape index (κ3) is 9.44. The van der Waals surface area contributed by atoms with Gasteiger partial charge in [-0.05, 0) is 113 Å². The topological polar surface area (TPSA) is 391 Å². The van der Waals surface area contributed by atoms with Gasteiger partial charge < -0.3 is 109 Å². The van der Waals surface area contributed by atoms with Crippen molar-refractivity contribution in [1.82, 2.24) is 0 Å². The van der Waals surface area contributed by atoms with Crippen molar-refractivity contribution in [2.24, 2.45) is 50.2 Å². The van der Waals surface area contributed by atoms with Gasteiger partial charge in [-0.15, -0.1) is 0 Å². The van der Waals surface area contributed by atoms with E-state index in [1.54, 1.807) is 13.8 Å². The van der Waals surface area contributed by atoms with Gasteiger partial charge in [-0.1, -0.05) is 46.3 Å². The van der Waals surface area contributed by atoms with E-state index in [2.05, 4.69) is 33.8 Å². The van der Waals surface area contributed by atoms with Crippen LogP contribution in [-0.2, 0) is 47.5 Å². The minimum atomic E-state index is -2.13. The SMILES string of the molecule is C[C@@H]1O[C@@H](O[C@H]2[C@H](O[C@H]3[C@H](O[C@H]4CC[C@@]5(C)[C@@H](CC[C@]6(C)[C@@H]5CC=C5[C@@H]7C[C@](C)(C(=O)O)C[C@@H](O[C@@H]8O[C@@H](C)[C@H](O)[C@@H](O)[C@H]8O)[C@]7(C)CC[C@]56C)[C@@]4(C)CO)O[C@H](C(=O)O)[C@@H](O)[C@@H]3O)O[C@H](CO)[C@H](O)[C@@H]2O)[C@H](O)[C@H](O)[C@H]1O. The van der Waals surface area contributed by atoms with Gasteiger partial charge in [0.2, 0.25) is 0 Å². The van der Waals surface area contributed by atoms with Gasteiger partial charge in [-0.3, -0.25) is 4.79 Å². The summed E-state index contributed by atoms with van der Waals surface area (Å²) in [4.78, 5) is 25.8. The Morgan fingerprint density at radius 2 is 1.12 bits per heavy atom. The van der Waals surface area contributed by atoms with Crippen molar-refractivity contribution in [3.8, 4) is 0 Å². The number of fused-ring (bicyclic) bond motifs is 7. The Balaban J connectivity index is 0.991. The van der Waals surface area contributed by atoms with Gasteiger partial charge in [0.25, 0.3) is 0 Å². The standard InChI is InChI=1S/C54H86O24/c1-21-30(57)33(60)38(65)44(71-21)75-29-18-49(3,48(69)70)17-24-23-9-10-27-51(5)13-12-28(52(6,20-56)26(51)11-14-54(27,8)53(23,7)16-15-50(24,29)4)74-47-42(37(64)36(63)40(76-47)43(67)68)78-46-41(35(62)32(59)25(19-55)73-46)77-45-39(66)34(61)31(58)22(2)72-45/h9,21-22,24-42,44-47,55-66H,10-20H2,1-8H3,(H,67,68)(H,69,70)/t21-,22-,24-,25+,26+,27+,28-,29+,30-,31-,32-,33+,34+,35-,36-,37-,38+,39+,40-,41+,42+,44-,45-,46-,47+,49-,50+,51-,52+,53+,54+/m0/s1. The van der Waals surface area contributed by atoms with E-state index in [0.717, 1.165) is 6.42 Å². The van der Waals surface area contributed by atoms with Crippen LogP contribution in [0.2, 0.25) is 0 Å². The van der Waals surface area contributed by atoms with Crippen LogP contribution in [0.3, 0.4) is 0 Å². The smallest absolute Gasteiger partial charge is 0.335 e. The number of hydrogen-bond acceptors (Lipinski definition) is 22. The summed E-state index contributed by atoms with van der Waals surface area (Å²) < 4.78 is 48.8. The summed E-state index contributed by atoms with van der Waals surface area (Å²) in [6.45, 7) is 14.3. The first-order chi connectivity index (χ1) is 36.4. The van der Waals surface area contributed by atoms with Crippen molar-refractivity contribution in [1.29, 1.82) is 0 Å². The molecule has 446 valence electrons. The highest BCUT2D eigenvalue weighted by molar-refractivity contribution is 5.75. The van der Waals surface area contributed by atoms with Gasteiger partial charge in [0.05, 0.1) is 43.0 Å². The van der Waals surface area contributed by atoms with Crippen LogP contribution >= 0.6 is 0 Å². The van der Waals surface area contributed by atoms with Crippen LogP contribution in [0.5, 0.6) is 0 Å². The molecule has 8 fully saturated rings. The van der Waals surface area contributed by atoms with Gasteiger partial charge >= 0.3 is 11.9 Å². The molecule has 9 aliphatic rings. The number of carboxylic acid groups (broad SMARTS) is 2. The van der Waals surface area contributed by atoms with Crippen molar-refractivity contribution in [2.45, 2.75) is 248 Å². The molecule has 0 bridgehead atoms. The average molecular weight is 1120 g/mol. The van der Waals surface area contributed by atoms with Crippen LogP contribution in [-0.4, -0.2) is 232 Å². The molecular weight excluding hydrogens is 1030 g/mol. The summed E-state index contributed by atoms with van der Waals surface area (Å²) >= 11 is 0. The van der Waals surface area contributed by atoms with Crippen molar-refractivity contribution < 1.29 is 119 Å². The van der Waals surface area contributed by atoms with Crippen LogP contribution < -0.4 is 0 Å². The molecule has 4 heterocycles. The van der Waals surface area contributed by atoms with Gasteiger partial charge in [0, 0.05) is 10.8 Å². The van der Waals surface area contributed by atoms with Gasteiger partial charge in [-0.2, -0.15) is 0 Å². The lowest BCUT2D eigenvalue weighted by Gasteiger charge is -2.72. The Morgan fingerprint density at radius 3 is 1.68 bits per heavy atom. The molecule has 78 heavy (non-hydrogen) atoms. The number of rotatable bonds is 12. The molecule has 0 radical (unpaired) electrons. The molecule has 9 rings (SSSR count). The average Bonchev–Trinajstić information content (AvgIpc) is 2.94. The molecule has 0 aromatic carbocycles. The zero-order valence-electron chi connectivity index (χ0n) is 45.6. The van der Waals surface area contributed by atoms with Gasteiger partial charge in [-0.25, -0.2) is 4.79 Å². The quantitative estimate of drug-likeness (QED) is 0.0791. The van der Waals surface area contributed by atoms with Crippen LogP contribution in [0.4, 0.5) is 0 Å². The number of aliphatic hydroxyl groups is 12. The zero-order valence-corrected chi connectivity index (χ0v) is 45.6. The van der Waals surface area contributed by atoms with E-state index < -0.39 is 187 Å². The molecule has 24 heteroatoms. The van der Waals surface area contributed by atoms with E-state index in [1.807, 2.05) is 6.92 Å². The van der Waals surface area contributed by atoms with E-state index in [0.29, 0.717) is 38.5 Å². The number of aliphatic carboxylic acids is 2. The number of ether oxygens (including phenoxy) is 8. The Hall–Kier alpha value is -2.12. The summed E-state index contributed by atoms with van der Waals surface area (Å²) in [6, 6.07) is 0. The third-order valence-electron chi connectivity index (χ3n) is 21.9. The van der Waals surface area contributed by atoms with Gasteiger partial charge in [0.1, 0.15) is 79.4 Å². The molecule has 31 atom stereocenters. The molecule has 4 saturated carbocycles.